The largest absolute Gasteiger partial charge is 0.591 e. The minimum Gasteiger partial charge on any atom is -0.591 e. The summed E-state index contributed by atoms with van der Waals surface area (Å²) in [4.78, 5) is 11.2. The average molecular weight is 250 g/mol. The third-order valence-electron chi connectivity index (χ3n) is 2.66. The molecule has 0 fully saturated rings. The molecule has 0 aromatic heterocycles. The standard InChI is InChI=1S/C14H19O2P/c1-2-3-4-5-9-12-14(17(15)16)13-10-7-6-8-11-13/h6-8,10-12H,2-5,9H2,1H3. The van der Waals surface area contributed by atoms with E-state index in [0.717, 1.165) is 18.4 Å². The van der Waals surface area contributed by atoms with Crippen molar-refractivity contribution in [2.75, 3.05) is 0 Å². The Morgan fingerprint density at radius 3 is 2.53 bits per heavy atom. The van der Waals surface area contributed by atoms with Gasteiger partial charge in [0.2, 0.25) is 0 Å². The second-order valence-corrected chi connectivity index (χ2v) is 5.06. The zero-order valence-electron chi connectivity index (χ0n) is 10.3. The van der Waals surface area contributed by atoms with E-state index in [9.17, 15) is 9.46 Å². The highest BCUT2D eigenvalue weighted by molar-refractivity contribution is 7.49. The highest BCUT2D eigenvalue weighted by Gasteiger charge is 2.13. The highest BCUT2D eigenvalue weighted by Crippen LogP contribution is 2.33. The van der Waals surface area contributed by atoms with Crippen LogP contribution in [-0.2, 0) is 4.57 Å². The molecule has 1 aromatic carbocycles. The van der Waals surface area contributed by atoms with Crippen LogP contribution in [-0.4, -0.2) is 0 Å². The van der Waals surface area contributed by atoms with Crippen LogP contribution in [0.25, 0.3) is 5.31 Å². The fourth-order valence-corrected chi connectivity index (χ4v) is 2.35. The lowest BCUT2D eigenvalue weighted by molar-refractivity contribution is -0.160. The normalized spacial score (nSPS) is 12.6. The Bertz CT molecular complexity index is 371. The van der Waals surface area contributed by atoms with Gasteiger partial charge in [-0.05, 0) is 18.9 Å². The van der Waals surface area contributed by atoms with E-state index in [2.05, 4.69) is 6.92 Å². The van der Waals surface area contributed by atoms with Crippen LogP contribution in [0.5, 0.6) is 0 Å². The van der Waals surface area contributed by atoms with E-state index < -0.39 is 8.03 Å². The molecular formula is C14H19O2P. The second-order valence-electron chi connectivity index (χ2n) is 4.06. The minimum atomic E-state index is -2.50. The molecule has 0 N–H and O–H groups in total. The van der Waals surface area contributed by atoms with Gasteiger partial charge in [0.1, 0.15) is 0 Å². The van der Waals surface area contributed by atoms with Gasteiger partial charge in [-0.3, -0.25) is 0 Å². The molecule has 3 heteroatoms. The quantitative estimate of drug-likeness (QED) is 0.540. The number of benzene rings is 1. The zero-order chi connectivity index (χ0) is 12.5. The molecular weight excluding hydrogens is 231 g/mol. The molecule has 0 saturated heterocycles. The zero-order valence-corrected chi connectivity index (χ0v) is 11.2. The lowest BCUT2D eigenvalue weighted by Gasteiger charge is -1.99. The molecule has 0 aliphatic carbocycles. The van der Waals surface area contributed by atoms with Gasteiger partial charge >= 0.3 is 8.03 Å². The van der Waals surface area contributed by atoms with E-state index in [0.29, 0.717) is 5.31 Å². The summed E-state index contributed by atoms with van der Waals surface area (Å²) in [5, 5.41) is 0.456. The van der Waals surface area contributed by atoms with Gasteiger partial charge in [0.25, 0.3) is 0 Å². The summed E-state index contributed by atoms with van der Waals surface area (Å²) in [5.41, 5.74) is 0.791. The van der Waals surface area contributed by atoms with Crippen LogP contribution < -0.4 is 4.89 Å². The van der Waals surface area contributed by atoms with Crippen molar-refractivity contribution in [2.24, 2.45) is 0 Å². The maximum absolute atomic E-state index is 11.2. The molecule has 0 aliphatic rings. The smallest absolute Gasteiger partial charge is 0.349 e. The summed E-state index contributed by atoms with van der Waals surface area (Å²) < 4.78 is 11.2. The number of allylic oxidation sites excluding steroid dienone is 1. The van der Waals surface area contributed by atoms with Crippen LogP contribution in [0.3, 0.4) is 0 Å². The van der Waals surface area contributed by atoms with Crippen molar-refractivity contribution in [3.63, 3.8) is 0 Å². The Balaban J connectivity index is 2.61. The molecule has 1 unspecified atom stereocenters. The van der Waals surface area contributed by atoms with E-state index in [1.165, 1.54) is 19.3 Å². The van der Waals surface area contributed by atoms with Crippen molar-refractivity contribution in [3.8, 4) is 0 Å². The minimum absolute atomic E-state index is 0.456. The number of hydrogen-bond acceptors (Lipinski definition) is 2. The van der Waals surface area contributed by atoms with Crippen LogP contribution >= 0.6 is 8.03 Å². The molecule has 0 aliphatic heterocycles. The third-order valence-corrected chi connectivity index (χ3v) is 3.50. The molecule has 0 radical (unpaired) electrons. The van der Waals surface area contributed by atoms with Gasteiger partial charge in [0, 0.05) is 5.56 Å². The average Bonchev–Trinajstić information content (AvgIpc) is 2.34. The summed E-state index contributed by atoms with van der Waals surface area (Å²) >= 11 is 0. The molecule has 0 bridgehead atoms. The predicted molar refractivity (Wildman–Crippen MR) is 70.8 cm³/mol. The molecule has 1 rings (SSSR count). The molecule has 1 atom stereocenters. The summed E-state index contributed by atoms with van der Waals surface area (Å²) in [6.45, 7) is 2.17. The van der Waals surface area contributed by atoms with Gasteiger partial charge < -0.3 is 4.89 Å². The van der Waals surface area contributed by atoms with Crippen LogP contribution in [0.15, 0.2) is 36.4 Å². The number of rotatable bonds is 7. The van der Waals surface area contributed by atoms with E-state index in [4.69, 9.17) is 0 Å². The van der Waals surface area contributed by atoms with Crippen LogP contribution in [0.2, 0.25) is 0 Å². The SMILES string of the molecule is CCCCCCC=C(c1ccccc1)[P+](=O)[O-]. The lowest BCUT2D eigenvalue weighted by Crippen LogP contribution is -1.90. The maximum Gasteiger partial charge on any atom is 0.349 e. The first kappa shape index (κ1) is 14.1. The van der Waals surface area contributed by atoms with Gasteiger partial charge in [-0.25, -0.2) is 0 Å². The molecule has 92 valence electrons. The summed E-state index contributed by atoms with van der Waals surface area (Å²) in [6, 6.07) is 9.28. The Hall–Kier alpha value is -0.980. The van der Waals surface area contributed by atoms with Gasteiger partial charge in [-0.15, -0.1) is 0 Å². The van der Waals surface area contributed by atoms with Gasteiger partial charge in [0.15, 0.2) is 5.31 Å². The van der Waals surface area contributed by atoms with Gasteiger partial charge in [0.05, 0.1) is 0 Å². The van der Waals surface area contributed by atoms with E-state index in [-0.39, 0.29) is 0 Å². The Morgan fingerprint density at radius 1 is 1.24 bits per heavy atom. The summed E-state index contributed by atoms with van der Waals surface area (Å²) in [7, 11) is -2.50. The van der Waals surface area contributed by atoms with Crippen molar-refractivity contribution in [1.82, 2.24) is 0 Å². The topological polar surface area (TPSA) is 40.1 Å². The van der Waals surface area contributed by atoms with Crippen molar-refractivity contribution in [2.45, 2.75) is 39.0 Å². The molecule has 0 spiro atoms. The van der Waals surface area contributed by atoms with Gasteiger partial charge in [-0.1, -0.05) is 61.1 Å². The summed E-state index contributed by atoms with van der Waals surface area (Å²) in [5.74, 6) is 0. The number of unbranched alkanes of at least 4 members (excludes halogenated alkanes) is 4. The van der Waals surface area contributed by atoms with Crippen molar-refractivity contribution in [3.05, 3.63) is 42.0 Å². The predicted octanol–water partition coefficient (Wildman–Crippen LogP) is 4.10. The molecule has 1 aromatic rings. The lowest BCUT2D eigenvalue weighted by atomic mass is 10.1. The van der Waals surface area contributed by atoms with Gasteiger partial charge in [-0.2, -0.15) is 0 Å². The second kappa shape index (κ2) is 8.16. The fraction of sp³-hybridized carbons (Fsp3) is 0.429. The third kappa shape index (κ3) is 5.25. The molecule has 0 amide bonds. The molecule has 17 heavy (non-hydrogen) atoms. The Labute approximate surface area is 104 Å². The first-order valence-corrected chi connectivity index (χ1v) is 7.33. The summed E-state index contributed by atoms with van der Waals surface area (Å²) in [6.07, 6.45) is 7.34. The van der Waals surface area contributed by atoms with Crippen molar-refractivity contribution < 1.29 is 9.46 Å². The fourth-order valence-electron chi connectivity index (χ4n) is 1.72. The number of hydrogen-bond donors (Lipinski definition) is 0. The van der Waals surface area contributed by atoms with Crippen molar-refractivity contribution in [1.29, 1.82) is 0 Å². The monoisotopic (exact) mass is 250 g/mol. The maximum atomic E-state index is 11.2. The van der Waals surface area contributed by atoms with E-state index in [1.807, 2.05) is 36.4 Å². The molecule has 0 heterocycles. The van der Waals surface area contributed by atoms with Crippen LogP contribution in [0.4, 0.5) is 0 Å². The first-order chi connectivity index (χ1) is 8.25. The molecule has 0 saturated carbocycles. The molecule has 2 nitrogen and oxygen atoms in total. The van der Waals surface area contributed by atoms with Crippen molar-refractivity contribution >= 4 is 13.3 Å². The first-order valence-electron chi connectivity index (χ1n) is 6.15. The highest BCUT2D eigenvalue weighted by atomic mass is 31.1. The van der Waals surface area contributed by atoms with Crippen LogP contribution in [0.1, 0.15) is 44.6 Å². The van der Waals surface area contributed by atoms with Crippen LogP contribution in [0, 0.1) is 0 Å². The van der Waals surface area contributed by atoms with E-state index in [1.54, 1.807) is 0 Å². The Morgan fingerprint density at radius 2 is 1.94 bits per heavy atom. The Kier molecular flexibility index (Phi) is 6.76. The van der Waals surface area contributed by atoms with E-state index >= 15 is 0 Å².